The van der Waals surface area contributed by atoms with E-state index in [9.17, 15) is 9.59 Å². The first-order chi connectivity index (χ1) is 15.5. The molecule has 0 fully saturated rings. The van der Waals surface area contributed by atoms with Gasteiger partial charge < -0.3 is 14.2 Å². The SMILES string of the molecule is COc1cc(/C=N/NC(=O)COc2cccc(C)c2C)ccc1OC(=O)c1ccccc1. The van der Waals surface area contributed by atoms with Crippen molar-refractivity contribution in [3.8, 4) is 17.2 Å². The minimum atomic E-state index is -0.485. The summed E-state index contributed by atoms with van der Waals surface area (Å²) in [6.45, 7) is 3.77. The Morgan fingerprint density at radius 1 is 0.938 bits per heavy atom. The van der Waals surface area contributed by atoms with Gasteiger partial charge in [-0.15, -0.1) is 0 Å². The number of amides is 1. The Morgan fingerprint density at radius 3 is 2.47 bits per heavy atom. The Labute approximate surface area is 186 Å². The zero-order chi connectivity index (χ0) is 22.9. The molecular formula is C25H24N2O5. The fourth-order valence-electron chi connectivity index (χ4n) is 2.82. The summed E-state index contributed by atoms with van der Waals surface area (Å²) in [5.74, 6) is 0.436. The molecule has 0 saturated carbocycles. The number of carbonyl (C=O) groups excluding carboxylic acids is 2. The monoisotopic (exact) mass is 432 g/mol. The van der Waals surface area contributed by atoms with Crippen molar-refractivity contribution in [1.29, 1.82) is 0 Å². The Hall–Kier alpha value is -4.13. The predicted octanol–water partition coefficient (Wildman–Crippen LogP) is 4.06. The first-order valence-corrected chi connectivity index (χ1v) is 9.94. The smallest absolute Gasteiger partial charge is 0.343 e. The molecule has 3 aromatic carbocycles. The molecule has 7 heteroatoms. The number of hydrazone groups is 1. The summed E-state index contributed by atoms with van der Waals surface area (Å²) >= 11 is 0. The molecule has 1 N–H and O–H groups in total. The second-order valence-corrected chi connectivity index (χ2v) is 6.95. The van der Waals surface area contributed by atoms with Gasteiger partial charge in [-0.05, 0) is 66.9 Å². The van der Waals surface area contributed by atoms with Gasteiger partial charge in [0.15, 0.2) is 18.1 Å². The quantitative estimate of drug-likeness (QED) is 0.251. The lowest BCUT2D eigenvalue weighted by molar-refractivity contribution is -0.123. The zero-order valence-corrected chi connectivity index (χ0v) is 18.1. The lowest BCUT2D eigenvalue weighted by Gasteiger charge is -2.10. The average Bonchev–Trinajstić information content (AvgIpc) is 2.81. The van der Waals surface area contributed by atoms with Crippen LogP contribution in [0.5, 0.6) is 17.2 Å². The van der Waals surface area contributed by atoms with Crippen LogP contribution >= 0.6 is 0 Å². The molecule has 0 aliphatic heterocycles. The Balaban J connectivity index is 1.56. The van der Waals surface area contributed by atoms with E-state index in [0.29, 0.717) is 22.6 Å². The molecule has 0 aliphatic rings. The van der Waals surface area contributed by atoms with E-state index in [0.717, 1.165) is 11.1 Å². The van der Waals surface area contributed by atoms with Gasteiger partial charge in [-0.1, -0.05) is 30.3 Å². The lowest BCUT2D eigenvalue weighted by Crippen LogP contribution is -2.24. The van der Waals surface area contributed by atoms with E-state index < -0.39 is 5.97 Å². The largest absolute Gasteiger partial charge is 0.493 e. The first-order valence-electron chi connectivity index (χ1n) is 9.94. The molecule has 0 bridgehead atoms. The normalized spacial score (nSPS) is 10.6. The molecule has 0 radical (unpaired) electrons. The van der Waals surface area contributed by atoms with Crippen molar-refractivity contribution in [1.82, 2.24) is 5.43 Å². The van der Waals surface area contributed by atoms with E-state index in [4.69, 9.17) is 14.2 Å². The molecule has 0 unspecified atom stereocenters. The summed E-state index contributed by atoms with van der Waals surface area (Å²) in [4.78, 5) is 24.3. The highest BCUT2D eigenvalue weighted by atomic mass is 16.6. The van der Waals surface area contributed by atoms with E-state index in [2.05, 4.69) is 10.5 Å². The maximum atomic E-state index is 12.3. The number of hydrogen-bond donors (Lipinski definition) is 1. The van der Waals surface area contributed by atoms with Crippen molar-refractivity contribution in [2.24, 2.45) is 5.10 Å². The van der Waals surface area contributed by atoms with Gasteiger partial charge in [0.25, 0.3) is 5.91 Å². The molecule has 32 heavy (non-hydrogen) atoms. The highest BCUT2D eigenvalue weighted by Gasteiger charge is 2.12. The number of rotatable bonds is 8. The van der Waals surface area contributed by atoms with Crippen LogP contribution in [0.3, 0.4) is 0 Å². The number of nitrogens with zero attached hydrogens (tertiary/aromatic N) is 1. The van der Waals surface area contributed by atoms with Gasteiger partial charge in [-0.25, -0.2) is 10.2 Å². The summed E-state index contributed by atoms with van der Waals surface area (Å²) in [7, 11) is 1.47. The van der Waals surface area contributed by atoms with Crippen LogP contribution in [0.4, 0.5) is 0 Å². The molecule has 1 amide bonds. The lowest BCUT2D eigenvalue weighted by atomic mass is 10.1. The van der Waals surface area contributed by atoms with E-state index in [1.54, 1.807) is 42.5 Å². The molecule has 0 atom stereocenters. The van der Waals surface area contributed by atoms with Crippen LogP contribution in [-0.2, 0) is 4.79 Å². The fraction of sp³-hybridized carbons (Fsp3) is 0.160. The van der Waals surface area contributed by atoms with Gasteiger partial charge in [-0.2, -0.15) is 5.10 Å². The van der Waals surface area contributed by atoms with Crippen LogP contribution in [0.15, 0.2) is 71.8 Å². The van der Waals surface area contributed by atoms with Crippen molar-refractivity contribution in [3.05, 3.63) is 89.0 Å². The second-order valence-electron chi connectivity index (χ2n) is 6.95. The van der Waals surface area contributed by atoms with Crippen LogP contribution in [0.1, 0.15) is 27.0 Å². The Morgan fingerprint density at radius 2 is 1.72 bits per heavy atom. The summed E-state index contributed by atoms with van der Waals surface area (Å²) in [6.07, 6.45) is 1.46. The number of benzene rings is 3. The summed E-state index contributed by atoms with van der Waals surface area (Å²) in [6, 6.07) is 19.3. The third-order valence-corrected chi connectivity index (χ3v) is 4.72. The van der Waals surface area contributed by atoms with E-state index in [1.807, 2.05) is 38.1 Å². The number of nitrogens with one attached hydrogen (secondary N) is 1. The highest BCUT2D eigenvalue weighted by molar-refractivity contribution is 5.91. The van der Waals surface area contributed by atoms with Crippen molar-refractivity contribution < 1.29 is 23.8 Å². The number of methoxy groups -OCH3 is 1. The van der Waals surface area contributed by atoms with Crippen LogP contribution < -0.4 is 19.6 Å². The number of esters is 1. The van der Waals surface area contributed by atoms with Crippen LogP contribution in [0, 0.1) is 13.8 Å². The molecule has 7 nitrogen and oxygen atoms in total. The topological polar surface area (TPSA) is 86.2 Å². The van der Waals surface area contributed by atoms with Crippen LogP contribution in [0.2, 0.25) is 0 Å². The van der Waals surface area contributed by atoms with Gasteiger partial charge in [0.05, 0.1) is 18.9 Å². The van der Waals surface area contributed by atoms with E-state index in [-0.39, 0.29) is 18.3 Å². The van der Waals surface area contributed by atoms with Crippen molar-refractivity contribution in [2.75, 3.05) is 13.7 Å². The molecule has 0 heterocycles. The van der Waals surface area contributed by atoms with Crippen LogP contribution in [0.25, 0.3) is 0 Å². The Kier molecular flexibility index (Phi) is 7.59. The zero-order valence-electron chi connectivity index (χ0n) is 18.1. The molecule has 0 spiro atoms. The number of aryl methyl sites for hydroxylation is 1. The number of hydrogen-bond acceptors (Lipinski definition) is 6. The predicted molar refractivity (Wildman–Crippen MR) is 122 cm³/mol. The standard InChI is InChI=1S/C25H24N2O5/c1-17-8-7-11-21(18(17)2)31-16-24(28)27-26-15-19-12-13-22(23(14-19)30-3)32-25(29)20-9-5-4-6-10-20/h4-15H,16H2,1-3H3,(H,27,28)/b26-15+. The summed E-state index contributed by atoms with van der Waals surface area (Å²) in [5, 5.41) is 3.94. The number of carbonyl (C=O) groups is 2. The molecule has 0 aromatic heterocycles. The van der Waals surface area contributed by atoms with Gasteiger partial charge in [-0.3, -0.25) is 4.79 Å². The number of ether oxygens (including phenoxy) is 3. The minimum Gasteiger partial charge on any atom is -0.493 e. The summed E-state index contributed by atoms with van der Waals surface area (Å²) in [5.41, 5.74) is 5.59. The molecule has 0 aliphatic carbocycles. The van der Waals surface area contributed by atoms with Gasteiger partial charge >= 0.3 is 5.97 Å². The Bertz CT molecular complexity index is 1130. The van der Waals surface area contributed by atoms with E-state index in [1.165, 1.54) is 13.3 Å². The molecule has 3 aromatic rings. The molecule has 164 valence electrons. The van der Waals surface area contributed by atoms with Crippen molar-refractivity contribution in [2.45, 2.75) is 13.8 Å². The second kappa shape index (κ2) is 10.8. The third kappa shape index (κ3) is 5.95. The highest BCUT2D eigenvalue weighted by Crippen LogP contribution is 2.28. The van der Waals surface area contributed by atoms with Crippen LogP contribution in [-0.4, -0.2) is 31.8 Å². The minimum absolute atomic E-state index is 0.153. The average molecular weight is 432 g/mol. The van der Waals surface area contributed by atoms with Crippen molar-refractivity contribution >= 4 is 18.1 Å². The molecule has 0 saturated heterocycles. The first kappa shape index (κ1) is 22.6. The third-order valence-electron chi connectivity index (χ3n) is 4.72. The maximum absolute atomic E-state index is 12.3. The van der Waals surface area contributed by atoms with Gasteiger partial charge in [0.1, 0.15) is 5.75 Å². The van der Waals surface area contributed by atoms with Gasteiger partial charge in [0.2, 0.25) is 0 Å². The van der Waals surface area contributed by atoms with E-state index >= 15 is 0 Å². The van der Waals surface area contributed by atoms with Crippen molar-refractivity contribution in [3.63, 3.8) is 0 Å². The maximum Gasteiger partial charge on any atom is 0.343 e. The molecular weight excluding hydrogens is 408 g/mol. The summed E-state index contributed by atoms with van der Waals surface area (Å²) < 4.78 is 16.3. The van der Waals surface area contributed by atoms with Gasteiger partial charge in [0, 0.05) is 0 Å². The molecule has 3 rings (SSSR count). The fourth-order valence-corrected chi connectivity index (χ4v) is 2.82.